The van der Waals surface area contributed by atoms with Crippen LogP contribution in [-0.4, -0.2) is 42.5 Å². The Bertz CT molecular complexity index is 326. The van der Waals surface area contributed by atoms with Crippen molar-refractivity contribution in [2.75, 3.05) is 19.6 Å². The zero-order valence-electron chi connectivity index (χ0n) is 11.9. The molecule has 2 saturated carbocycles. The third-order valence-corrected chi connectivity index (χ3v) is 4.79. The van der Waals surface area contributed by atoms with E-state index in [2.05, 4.69) is 10.2 Å². The Hall–Kier alpha value is -0.0300. The van der Waals surface area contributed by atoms with E-state index in [0.29, 0.717) is 5.92 Å². The van der Waals surface area contributed by atoms with Crippen LogP contribution in [0.5, 0.6) is 0 Å². The number of hydrogen-bond donors (Lipinski definition) is 2. The van der Waals surface area contributed by atoms with Crippen molar-refractivity contribution in [1.82, 2.24) is 10.2 Å². The highest BCUT2D eigenvalue weighted by molar-refractivity contribution is 5.85. The monoisotopic (exact) mass is 323 g/mol. The molecule has 0 aromatic carbocycles. The largest absolute Gasteiger partial charge is 0.356 e. The van der Waals surface area contributed by atoms with E-state index < -0.39 is 0 Å². The molecule has 0 aromatic heterocycles. The summed E-state index contributed by atoms with van der Waals surface area (Å²) < 4.78 is 0. The molecule has 3 fully saturated rings. The molecule has 118 valence electrons. The maximum Gasteiger partial charge on any atom is 0.223 e. The number of carbonyl (C=O) groups excluding carboxylic acids is 1. The second-order valence-electron chi connectivity index (χ2n) is 6.40. The van der Waals surface area contributed by atoms with Gasteiger partial charge in [0.25, 0.3) is 0 Å². The number of hydrogen-bond acceptors (Lipinski definition) is 3. The van der Waals surface area contributed by atoms with Crippen LogP contribution in [0.25, 0.3) is 0 Å². The van der Waals surface area contributed by atoms with Crippen molar-refractivity contribution in [2.45, 2.75) is 50.6 Å². The third kappa shape index (κ3) is 4.48. The average Bonchev–Trinajstić information content (AvgIpc) is 2.95. The molecule has 6 heteroatoms. The van der Waals surface area contributed by atoms with Gasteiger partial charge in [-0.25, -0.2) is 0 Å². The van der Waals surface area contributed by atoms with Gasteiger partial charge in [-0.3, -0.25) is 4.79 Å². The molecule has 4 nitrogen and oxygen atoms in total. The van der Waals surface area contributed by atoms with Gasteiger partial charge in [0.2, 0.25) is 5.91 Å². The first-order valence-electron chi connectivity index (χ1n) is 7.49. The van der Waals surface area contributed by atoms with Gasteiger partial charge >= 0.3 is 0 Å². The summed E-state index contributed by atoms with van der Waals surface area (Å²) >= 11 is 0. The van der Waals surface area contributed by atoms with Crippen LogP contribution >= 0.6 is 24.8 Å². The molecule has 1 heterocycles. The van der Waals surface area contributed by atoms with E-state index in [9.17, 15) is 4.79 Å². The van der Waals surface area contributed by atoms with E-state index in [-0.39, 0.29) is 42.7 Å². The highest BCUT2D eigenvalue weighted by atomic mass is 35.5. The summed E-state index contributed by atoms with van der Waals surface area (Å²) in [6, 6.07) is 1.12. The molecule has 1 saturated heterocycles. The quantitative estimate of drug-likeness (QED) is 0.825. The van der Waals surface area contributed by atoms with Crippen molar-refractivity contribution in [3.05, 3.63) is 0 Å². The Labute approximate surface area is 134 Å². The molecular weight excluding hydrogens is 297 g/mol. The van der Waals surface area contributed by atoms with Crippen molar-refractivity contribution >= 4 is 30.7 Å². The fourth-order valence-corrected chi connectivity index (χ4v) is 3.44. The molecule has 1 aliphatic heterocycles. The highest BCUT2D eigenvalue weighted by Gasteiger charge is 2.34. The molecule has 0 radical (unpaired) electrons. The molecule has 20 heavy (non-hydrogen) atoms. The molecule has 3 N–H and O–H groups in total. The van der Waals surface area contributed by atoms with Crippen LogP contribution in [0, 0.1) is 11.8 Å². The van der Waals surface area contributed by atoms with Gasteiger partial charge in [0, 0.05) is 31.1 Å². The molecule has 0 aromatic rings. The molecular formula is C14H27Cl2N3O. The SMILES string of the molecule is Cl.Cl.NC1CCC(C(=O)NCC2CCN(C3CC3)C2)C1. The van der Waals surface area contributed by atoms with Gasteiger partial charge in [-0.15, -0.1) is 24.8 Å². The van der Waals surface area contributed by atoms with Crippen LogP contribution in [0.3, 0.4) is 0 Å². The van der Waals surface area contributed by atoms with Crippen molar-refractivity contribution in [3.63, 3.8) is 0 Å². The fraction of sp³-hybridized carbons (Fsp3) is 0.929. The number of carbonyl (C=O) groups is 1. The lowest BCUT2D eigenvalue weighted by Crippen LogP contribution is -2.35. The number of amides is 1. The van der Waals surface area contributed by atoms with Crippen LogP contribution in [-0.2, 0) is 4.79 Å². The number of nitrogens with zero attached hydrogens (tertiary/aromatic N) is 1. The lowest BCUT2D eigenvalue weighted by atomic mass is 10.1. The van der Waals surface area contributed by atoms with Crippen LogP contribution in [0.2, 0.25) is 0 Å². The maximum atomic E-state index is 12.0. The van der Waals surface area contributed by atoms with E-state index in [1.165, 1.54) is 32.4 Å². The predicted octanol–water partition coefficient (Wildman–Crippen LogP) is 1.56. The molecule has 3 atom stereocenters. The van der Waals surface area contributed by atoms with Crippen molar-refractivity contribution in [2.24, 2.45) is 17.6 Å². The maximum absolute atomic E-state index is 12.0. The summed E-state index contributed by atoms with van der Waals surface area (Å²) in [6.45, 7) is 3.29. The van der Waals surface area contributed by atoms with E-state index >= 15 is 0 Å². The number of nitrogens with one attached hydrogen (secondary N) is 1. The third-order valence-electron chi connectivity index (χ3n) is 4.79. The first-order chi connectivity index (χ1) is 8.72. The van der Waals surface area contributed by atoms with Gasteiger partial charge in [0.05, 0.1) is 0 Å². The summed E-state index contributed by atoms with van der Waals surface area (Å²) in [5.41, 5.74) is 5.85. The summed E-state index contributed by atoms with van der Waals surface area (Å²) in [5.74, 6) is 1.10. The molecule has 3 unspecified atom stereocenters. The van der Waals surface area contributed by atoms with Crippen molar-refractivity contribution in [1.29, 1.82) is 0 Å². The van der Waals surface area contributed by atoms with Gasteiger partial charge in [-0.2, -0.15) is 0 Å². The number of likely N-dealkylation sites (tertiary alicyclic amines) is 1. The molecule has 3 rings (SSSR count). The lowest BCUT2D eigenvalue weighted by molar-refractivity contribution is -0.125. The second kappa shape index (κ2) is 7.83. The minimum Gasteiger partial charge on any atom is -0.356 e. The van der Waals surface area contributed by atoms with E-state index in [1.54, 1.807) is 0 Å². The predicted molar refractivity (Wildman–Crippen MR) is 85.5 cm³/mol. The van der Waals surface area contributed by atoms with E-state index in [1.807, 2.05) is 0 Å². The molecule has 0 bridgehead atoms. The van der Waals surface area contributed by atoms with Crippen molar-refractivity contribution < 1.29 is 4.79 Å². The molecule has 0 spiro atoms. The Morgan fingerprint density at radius 3 is 2.50 bits per heavy atom. The Morgan fingerprint density at radius 2 is 1.90 bits per heavy atom. The molecule has 3 aliphatic rings. The van der Waals surface area contributed by atoms with E-state index in [4.69, 9.17) is 5.73 Å². The first kappa shape index (κ1) is 18.0. The number of halogens is 2. The summed E-state index contributed by atoms with van der Waals surface area (Å²) in [7, 11) is 0. The van der Waals surface area contributed by atoms with Crippen LogP contribution in [0.4, 0.5) is 0 Å². The standard InChI is InChI=1S/C14H25N3O.2ClH/c15-12-2-1-11(7-12)14(18)16-8-10-5-6-17(9-10)13-3-4-13;;/h10-13H,1-9,15H2,(H,16,18);2*1H. The van der Waals surface area contributed by atoms with Crippen molar-refractivity contribution in [3.8, 4) is 0 Å². The van der Waals surface area contributed by atoms with Gasteiger partial charge in [0.15, 0.2) is 0 Å². The Balaban J connectivity index is 0.000001000. The Kier molecular flexibility index (Phi) is 7.06. The Morgan fingerprint density at radius 1 is 1.15 bits per heavy atom. The summed E-state index contributed by atoms with van der Waals surface area (Å²) in [4.78, 5) is 14.6. The zero-order valence-corrected chi connectivity index (χ0v) is 13.6. The average molecular weight is 324 g/mol. The zero-order chi connectivity index (χ0) is 12.5. The topological polar surface area (TPSA) is 58.4 Å². The summed E-state index contributed by atoms with van der Waals surface area (Å²) in [5, 5.41) is 3.15. The van der Waals surface area contributed by atoms with Crippen LogP contribution in [0.1, 0.15) is 38.5 Å². The molecule has 2 aliphatic carbocycles. The summed E-state index contributed by atoms with van der Waals surface area (Å²) in [6.07, 6.45) is 6.90. The van der Waals surface area contributed by atoms with Gasteiger partial charge in [0.1, 0.15) is 0 Å². The molecule has 1 amide bonds. The smallest absolute Gasteiger partial charge is 0.223 e. The minimum atomic E-state index is 0. The second-order valence-corrected chi connectivity index (χ2v) is 6.40. The highest BCUT2D eigenvalue weighted by Crippen LogP contribution is 2.31. The minimum absolute atomic E-state index is 0. The van der Waals surface area contributed by atoms with Gasteiger partial charge in [-0.1, -0.05) is 0 Å². The first-order valence-corrected chi connectivity index (χ1v) is 7.49. The number of nitrogens with two attached hydrogens (primary N) is 1. The lowest BCUT2D eigenvalue weighted by Gasteiger charge is -2.16. The van der Waals surface area contributed by atoms with Crippen LogP contribution < -0.4 is 11.1 Å². The van der Waals surface area contributed by atoms with E-state index in [0.717, 1.165) is 31.8 Å². The van der Waals surface area contributed by atoms with Gasteiger partial charge < -0.3 is 16.0 Å². The number of rotatable bonds is 4. The fourth-order valence-electron chi connectivity index (χ4n) is 3.44. The van der Waals surface area contributed by atoms with Crippen LogP contribution in [0.15, 0.2) is 0 Å². The van der Waals surface area contributed by atoms with Gasteiger partial charge in [-0.05, 0) is 51.0 Å². The normalized spacial score (nSPS) is 33.4.